The number of nitrogens with one attached hydrogen (secondary N) is 1. The smallest absolute Gasteiger partial charge is 0.278 e. The van der Waals surface area contributed by atoms with E-state index in [1.165, 1.54) is 11.1 Å². The average Bonchev–Trinajstić information content (AvgIpc) is 3.14. The Labute approximate surface area is 176 Å². The van der Waals surface area contributed by atoms with Gasteiger partial charge in [0.1, 0.15) is 0 Å². The molecule has 0 unspecified atom stereocenters. The summed E-state index contributed by atoms with van der Waals surface area (Å²) in [6.07, 6.45) is 6.39. The molecule has 1 amide bonds. The molecule has 2 heterocycles. The SMILES string of the molecule is C#Cc1cccc(NC(=O)c2nnn(-c3cccc4c3CCN(C(C)C)C4)c2C)c1. The second kappa shape index (κ2) is 8.13. The molecule has 152 valence electrons. The maximum Gasteiger partial charge on any atom is 0.278 e. The summed E-state index contributed by atoms with van der Waals surface area (Å²) in [5, 5.41) is 11.3. The van der Waals surface area contributed by atoms with Crippen molar-refractivity contribution in [1.29, 1.82) is 0 Å². The molecule has 1 aromatic heterocycles. The summed E-state index contributed by atoms with van der Waals surface area (Å²) in [5.41, 5.74) is 5.93. The van der Waals surface area contributed by atoms with Gasteiger partial charge in [-0.3, -0.25) is 9.69 Å². The molecule has 0 saturated heterocycles. The number of nitrogens with zero attached hydrogens (tertiary/aromatic N) is 4. The number of fused-ring (bicyclic) bond motifs is 1. The Morgan fingerprint density at radius 3 is 2.80 bits per heavy atom. The van der Waals surface area contributed by atoms with E-state index in [0.717, 1.165) is 25.2 Å². The lowest BCUT2D eigenvalue weighted by atomic mass is 9.97. The number of hydrogen-bond acceptors (Lipinski definition) is 4. The zero-order valence-corrected chi connectivity index (χ0v) is 17.5. The highest BCUT2D eigenvalue weighted by atomic mass is 16.2. The maximum absolute atomic E-state index is 12.8. The first-order valence-corrected chi connectivity index (χ1v) is 10.1. The van der Waals surface area contributed by atoms with Gasteiger partial charge in [-0.15, -0.1) is 11.5 Å². The van der Waals surface area contributed by atoms with E-state index >= 15 is 0 Å². The van der Waals surface area contributed by atoms with Crippen LogP contribution in [0.4, 0.5) is 5.69 Å². The van der Waals surface area contributed by atoms with Crippen LogP contribution in [-0.2, 0) is 13.0 Å². The number of hydrogen-bond donors (Lipinski definition) is 1. The number of aromatic nitrogens is 3. The lowest BCUT2D eigenvalue weighted by molar-refractivity contribution is 0.102. The molecule has 0 bridgehead atoms. The summed E-state index contributed by atoms with van der Waals surface area (Å²) in [7, 11) is 0. The van der Waals surface area contributed by atoms with Crippen LogP contribution in [0.2, 0.25) is 0 Å². The number of amides is 1. The van der Waals surface area contributed by atoms with Gasteiger partial charge >= 0.3 is 0 Å². The minimum atomic E-state index is -0.302. The highest BCUT2D eigenvalue weighted by Crippen LogP contribution is 2.27. The van der Waals surface area contributed by atoms with E-state index in [9.17, 15) is 4.79 Å². The minimum Gasteiger partial charge on any atom is -0.320 e. The van der Waals surface area contributed by atoms with Gasteiger partial charge in [-0.2, -0.15) is 0 Å². The summed E-state index contributed by atoms with van der Waals surface area (Å²) < 4.78 is 1.77. The minimum absolute atomic E-state index is 0.302. The molecule has 30 heavy (non-hydrogen) atoms. The summed E-state index contributed by atoms with van der Waals surface area (Å²) in [4.78, 5) is 15.3. The number of anilines is 1. The molecule has 0 radical (unpaired) electrons. The summed E-state index contributed by atoms with van der Waals surface area (Å²) in [5.74, 6) is 2.27. The third-order valence-corrected chi connectivity index (χ3v) is 5.63. The fourth-order valence-corrected chi connectivity index (χ4v) is 3.90. The van der Waals surface area contributed by atoms with E-state index in [1.54, 1.807) is 16.8 Å². The molecule has 0 atom stereocenters. The molecule has 0 fully saturated rings. The van der Waals surface area contributed by atoms with E-state index in [1.807, 2.05) is 31.2 Å². The zero-order chi connectivity index (χ0) is 21.3. The topological polar surface area (TPSA) is 63.1 Å². The van der Waals surface area contributed by atoms with Crippen molar-refractivity contribution >= 4 is 11.6 Å². The van der Waals surface area contributed by atoms with Gasteiger partial charge in [0.05, 0.1) is 11.4 Å². The van der Waals surface area contributed by atoms with Gasteiger partial charge < -0.3 is 5.32 Å². The molecule has 4 rings (SSSR count). The van der Waals surface area contributed by atoms with Crippen LogP contribution in [0.3, 0.4) is 0 Å². The standard InChI is InChI=1S/C24H25N5O/c1-5-18-8-6-10-20(14-18)25-24(30)23-17(4)29(27-26-23)22-11-7-9-19-15-28(16(2)3)13-12-21(19)22/h1,6-11,14,16H,12-13,15H2,2-4H3,(H,25,30). The van der Waals surface area contributed by atoms with Crippen LogP contribution >= 0.6 is 0 Å². The van der Waals surface area contributed by atoms with Crippen LogP contribution in [0.5, 0.6) is 0 Å². The van der Waals surface area contributed by atoms with Crippen molar-refractivity contribution in [1.82, 2.24) is 19.9 Å². The summed E-state index contributed by atoms with van der Waals surface area (Å²) >= 11 is 0. The Morgan fingerprint density at radius 1 is 1.23 bits per heavy atom. The van der Waals surface area contributed by atoms with Crippen LogP contribution in [0, 0.1) is 19.3 Å². The monoisotopic (exact) mass is 399 g/mol. The number of benzene rings is 2. The van der Waals surface area contributed by atoms with E-state index in [2.05, 4.69) is 46.4 Å². The Balaban J connectivity index is 1.62. The normalized spacial score (nSPS) is 13.7. The number of terminal acetylenes is 1. The van der Waals surface area contributed by atoms with Gasteiger partial charge in [-0.25, -0.2) is 4.68 Å². The lowest BCUT2D eigenvalue weighted by Gasteiger charge is -2.32. The Hall–Kier alpha value is -3.43. The fourth-order valence-electron chi connectivity index (χ4n) is 3.90. The molecule has 1 aliphatic heterocycles. The van der Waals surface area contributed by atoms with Gasteiger partial charge in [0.15, 0.2) is 5.69 Å². The molecule has 1 aliphatic rings. The molecular formula is C24H25N5O. The van der Waals surface area contributed by atoms with E-state index in [4.69, 9.17) is 6.42 Å². The molecule has 1 N–H and O–H groups in total. The predicted molar refractivity (Wildman–Crippen MR) is 118 cm³/mol. The van der Waals surface area contributed by atoms with Crippen LogP contribution < -0.4 is 5.32 Å². The van der Waals surface area contributed by atoms with E-state index in [0.29, 0.717) is 28.7 Å². The van der Waals surface area contributed by atoms with Gasteiger partial charge in [0.2, 0.25) is 0 Å². The van der Waals surface area contributed by atoms with Crippen molar-refractivity contribution < 1.29 is 4.79 Å². The van der Waals surface area contributed by atoms with Gasteiger partial charge in [0.25, 0.3) is 5.91 Å². The number of rotatable bonds is 4. The first kappa shape index (κ1) is 19.9. The lowest BCUT2D eigenvalue weighted by Crippen LogP contribution is -2.36. The Kier molecular flexibility index (Phi) is 5.39. The quantitative estimate of drug-likeness (QED) is 0.681. The predicted octanol–water partition coefficient (Wildman–Crippen LogP) is 3.58. The van der Waals surface area contributed by atoms with Crippen LogP contribution in [-0.4, -0.2) is 38.4 Å². The first-order chi connectivity index (χ1) is 14.5. The molecule has 6 heteroatoms. The molecule has 0 saturated carbocycles. The largest absolute Gasteiger partial charge is 0.320 e. The average molecular weight is 399 g/mol. The zero-order valence-electron chi connectivity index (χ0n) is 17.5. The number of carbonyl (C=O) groups excluding carboxylic acids is 1. The van der Waals surface area contributed by atoms with Gasteiger partial charge in [-0.05, 0) is 62.6 Å². The molecule has 3 aromatic rings. The molecule has 0 spiro atoms. The second-order valence-corrected chi connectivity index (χ2v) is 7.84. The third-order valence-electron chi connectivity index (χ3n) is 5.63. The first-order valence-electron chi connectivity index (χ1n) is 10.1. The van der Waals surface area contributed by atoms with Crippen molar-refractivity contribution in [2.75, 3.05) is 11.9 Å². The van der Waals surface area contributed by atoms with Gasteiger partial charge in [0, 0.05) is 30.4 Å². The second-order valence-electron chi connectivity index (χ2n) is 7.84. The maximum atomic E-state index is 12.8. The van der Waals surface area contributed by atoms with Crippen LogP contribution in [0.1, 0.15) is 46.7 Å². The Morgan fingerprint density at radius 2 is 2.03 bits per heavy atom. The van der Waals surface area contributed by atoms with Crippen molar-refractivity contribution in [3.8, 4) is 18.0 Å². The summed E-state index contributed by atoms with van der Waals surface area (Å²) in [6.45, 7) is 8.25. The van der Waals surface area contributed by atoms with Crippen molar-refractivity contribution in [3.05, 3.63) is 70.5 Å². The number of carbonyl (C=O) groups is 1. The molecule has 6 nitrogen and oxygen atoms in total. The highest BCUT2D eigenvalue weighted by Gasteiger charge is 2.24. The third kappa shape index (κ3) is 3.72. The molecular weight excluding hydrogens is 374 g/mol. The fraction of sp³-hybridized carbons (Fsp3) is 0.292. The van der Waals surface area contributed by atoms with E-state index in [-0.39, 0.29) is 5.91 Å². The molecule has 0 aliphatic carbocycles. The highest BCUT2D eigenvalue weighted by molar-refractivity contribution is 6.03. The Bertz CT molecular complexity index is 1140. The van der Waals surface area contributed by atoms with Crippen molar-refractivity contribution in [2.24, 2.45) is 0 Å². The molecule has 2 aromatic carbocycles. The van der Waals surface area contributed by atoms with Gasteiger partial charge in [-0.1, -0.05) is 29.3 Å². The van der Waals surface area contributed by atoms with Crippen molar-refractivity contribution in [2.45, 2.75) is 39.8 Å². The van der Waals surface area contributed by atoms with Crippen LogP contribution in [0.25, 0.3) is 5.69 Å². The van der Waals surface area contributed by atoms with Crippen LogP contribution in [0.15, 0.2) is 42.5 Å². The van der Waals surface area contributed by atoms with Crippen molar-refractivity contribution in [3.63, 3.8) is 0 Å². The van der Waals surface area contributed by atoms with E-state index < -0.39 is 0 Å². The summed E-state index contributed by atoms with van der Waals surface area (Å²) in [6, 6.07) is 14.0.